The summed E-state index contributed by atoms with van der Waals surface area (Å²) in [6.45, 7) is 6.47. The molecular weight excluding hydrogens is 282 g/mol. The van der Waals surface area contributed by atoms with Crippen LogP contribution in [0.2, 0.25) is 0 Å². The molecule has 0 aromatic heterocycles. The predicted octanol–water partition coefficient (Wildman–Crippen LogP) is 3.06. The van der Waals surface area contributed by atoms with Gasteiger partial charge >= 0.3 is 0 Å². The number of aryl methyl sites for hydroxylation is 1. The molecule has 1 atom stereocenters. The maximum Gasteiger partial charge on any atom is 0.0602 e. The highest BCUT2D eigenvalue weighted by molar-refractivity contribution is 5.47. The third-order valence-electron chi connectivity index (χ3n) is 4.64. The van der Waals surface area contributed by atoms with Gasteiger partial charge in [0.25, 0.3) is 0 Å². The van der Waals surface area contributed by atoms with E-state index < -0.39 is 0 Å². The summed E-state index contributed by atoms with van der Waals surface area (Å²) in [6, 6.07) is 18.3. The second-order valence-electron chi connectivity index (χ2n) is 6.59. The monoisotopic (exact) mass is 309 g/mol. The largest absolute Gasteiger partial charge is 0.378 e. The first-order valence-corrected chi connectivity index (χ1v) is 8.44. The van der Waals surface area contributed by atoms with Crippen molar-refractivity contribution in [3.63, 3.8) is 0 Å². The van der Waals surface area contributed by atoms with E-state index in [0.717, 1.165) is 26.2 Å². The van der Waals surface area contributed by atoms with Crippen LogP contribution in [0.4, 0.5) is 5.69 Å². The summed E-state index contributed by atoms with van der Waals surface area (Å²) in [5.41, 5.74) is 5.32. The molecule has 1 saturated heterocycles. The molecule has 1 N–H and O–H groups in total. The van der Waals surface area contributed by atoms with Crippen LogP contribution in [0.25, 0.3) is 0 Å². The Labute approximate surface area is 139 Å². The van der Waals surface area contributed by atoms with E-state index >= 15 is 0 Å². The van der Waals surface area contributed by atoms with Gasteiger partial charge < -0.3 is 10.2 Å². The van der Waals surface area contributed by atoms with E-state index in [-0.39, 0.29) is 0 Å². The smallest absolute Gasteiger partial charge is 0.0602 e. The van der Waals surface area contributed by atoms with Crippen molar-refractivity contribution in [2.45, 2.75) is 13.0 Å². The van der Waals surface area contributed by atoms with Crippen LogP contribution in [0.1, 0.15) is 22.7 Å². The zero-order valence-corrected chi connectivity index (χ0v) is 14.4. The molecule has 1 fully saturated rings. The fourth-order valence-electron chi connectivity index (χ4n) is 3.26. The molecular formula is C20H27N3. The van der Waals surface area contributed by atoms with Gasteiger partial charge in [-0.1, -0.05) is 42.0 Å². The number of nitrogens with zero attached hydrogens (tertiary/aromatic N) is 2. The van der Waals surface area contributed by atoms with Gasteiger partial charge in [0.05, 0.1) is 6.04 Å². The normalized spacial score (nSPS) is 17.0. The van der Waals surface area contributed by atoms with Crippen molar-refractivity contribution in [2.24, 2.45) is 0 Å². The maximum atomic E-state index is 3.46. The number of anilines is 1. The van der Waals surface area contributed by atoms with Gasteiger partial charge in [-0.05, 0) is 30.2 Å². The van der Waals surface area contributed by atoms with Crippen LogP contribution in [-0.2, 0) is 0 Å². The standard InChI is InChI=1S/C20H27N3/c1-16-4-6-17(7-5-16)20(23-14-12-21-13-15-23)18-8-10-19(11-9-18)22(2)3/h4-11,20-21H,12-15H2,1-3H3. The molecule has 23 heavy (non-hydrogen) atoms. The van der Waals surface area contributed by atoms with E-state index in [2.05, 4.69) is 84.7 Å². The van der Waals surface area contributed by atoms with Crippen molar-refractivity contribution in [3.05, 3.63) is 65.2 Å². The topological polar surface area (TPSA) is 18.5 Å². The summed E-state index contributed by atoms with van der Waals surface area (Å²) in [4.78, 5) is 4.74. The van der Waals surface area contributed by atoms with Crippen molar-refractivity contribution in [3.8, 4) is 0 Å². The Kier molecular flexibility index (Phi) is 4.99. The highest BCUT2D eigenvalue weighted by atomic mass is 15.2. The average molecular weight is 309 g/mol. The fraction of sp³-hybridized carbons (Fsp3) is 0.400. The number of hydrogen-bond acceptors (Lipinski definition) is 3. The third-order valence-corrected chi connectivity index (χ3v) is 4.64. The fourth-order valence-corrected chi connectivity index (χ4v) is 3.26. The molecule has 0 saturated carbocycles. The van der Waals surface area contributed by atoms with Gasteiger partial charge in [0, 0.05) is 46.0 Å². The molecule has 2 aromatic rings. The van der Waals surface area contributed by atoms with E-state index in [4.69, 9.17) is 0 Å². The van der Waals surface area contributed by atoms with Crippen molar-refractivity contribution >= 4 is 5.69 Å². The molecule has 1 aliphatic heterocycles. The zero-order chi connectivity index (χ0) is 16.2. The van der Waals surface area contributed by atoms with Crippen molar-refractivity contribution < 1.29 is 0 Å². The molecule has 122 valence electrons. The van der Waals surface area contributed by atoms with E-state index in [0.29, 0.717) is 6.04 Å². The van der Waals surface area contributed by atoms with E-state index in [1.807, 2.05) is 0 Å². The van der Waals surface area contributed by atoms with E-state index in [9.17, 15) is 0 Å². The number of nitrogens with one attached hydrogen (secondary N) is 1. The maximum absolute atomic E-state index is 3.46. The molecule has 1 heterocycles. The zero-order valence-electron chi connectivity index (χ0n) is 14.4. The summed E-state index contributed by atoms with van der Waals surface area (Å²) in [5.74, 6) is 0. The Hall–Kier alpha value is -1.84. The van der Waals surface area contributed by atoms with Crippen LogP contribution in [0.15, 0.2) is 48.5 Å². The highest BCUT2D eigenvalue weighted by Crippen LogP contribution is 2.30. The minimum atomic E-state index is 0.342. The minimum absolute atomic E-state index is 0.342. The summed E-state index contributed by atoms with van der Waals surface area (Å²) in [7, 11) is 4.17. The van der Waals surface area contributed by atoms with Gasteiger partial charge in [-0.25, -0.2) is 0 Å². The first-order chi connectivity index (χ1) is 11.1. The van der Waals surface area contributed by atoms with Crippen LogP contribution in [0.3, 0.4) is 0 Å². The number of rotatable bonds is 4. The first-order valence-electron chi connectivity index (χ1n) is 8.44. The average Bonchev–Trinajstić information content (AvgIpc) is 2.58. The third kappa shape index (κ3) is 3.74. The molecule has 0 amide bonds. The Balaban J connectivity index is 1.95. The van der Waals surface area contributed by atoms with Gasteiger partial charge in [-0.15, -0.1) is 0 Å². The van der Waals surface area contributed by atoms with Crippen LogP contribution >= 0.6 is 0 Å². The molecule has 0 spiro atoms. The van der Waals surface area contributed by atoms with Crippen molar-refractivity contribution in [2.75, 3.05) is 45.2 Å². The molecule has 3 nitrogen and oxygen atoms in total. The Morgan fingerprint density at radius 3 is 1.91 bits per heavy atom. The number of piperazine rings is 1. The van der Waals surface area contributed by atoms with Gasteiger partial charge in [-0.3, -0.25) is 4.90 Å². The van der Waals surface area contributed by atoms with Crippen LogP contribution in [0, 0.1) is 6.92 Å². The molecule has 1 aliphatic rings. The molecule has 0 radical (unpaired) electrons. The van der Waals surface area contributed by atoms with E-state index in [1.165, 1.54) is 22.4 Å². The summed E-state index contributed by atoms with van der Waals surface area (Å²) >= 11 is 0. The highest BCUT2D eigenvalue weighted by Gasteiger charge is 2.23. The molecule has 1 unspecified atom stereocenters. The lowest BCUT2D eigenvalue weighted by molar-refractivity contribution is 0.198. The number of benzene rings is 2. The Bertz CT molecular complexity index is 610. The SMILES string of the molecule is Cc1ccc(C(c2ccc(N(C)C)cc2)N2CCNCC2)cc1. The molecule has 3 rings (SSSR count). The lowest BCUT2D eigenvalue weighted by atomic mass is 9.95. The van der Waals surface area contributed by atoms with E-state index in [1.54, 1.807) is 0 Å². The molecule has 2 aromatic carbocycles. The predicted molar refractivity (Wildman–Crippen MR) is 98.2 cm³/mol. The minimum Gasteiger partial charge on any atom is -0.378 e. The van der Waals surface area contributed by atoms with Crippen LogP contribution in [0.5, 0.6) is 0 Å². The Morgan fingerprint density at radius 2 is 1.39 bits per heavy atom. The van der Waals surface area contributed by atoms with Gasteiger partial charge in [0.15, 0.2) is 0 Å². The second-order valence-corrected chi connectivity index (χ2v) is 6.59. The van der Waals surface area contributed by atoms with Crippen molar-refractivity contribution in [1.82, 2.24) is 10.2 Å². The molecule has 0 aliphatic carbocycles. The second kappa shape index (κ2) is 7.16. The summed E-state index contributed by atoms with van der Waals surface area (Å²) < 4.78 is 0. The van der Waals surface area contributed by atoms with Gasteiger partial charge in [0.1, 0.15) is 0 Å². The van der Waals surface area contributed by atoms with Crippen LogP contribution in [-0.4, -0.2) is 45.2 Å². The summed E-state index contributed by atoms with van der Waals surface area (Å²) in [6.07, 6.45) is 0. The lowest BCUT2D eigenvalue weighted by Gasteiger charge is -2.35. The Morgan fingerprint density at radius 1 is 0.870 bits per heavy atom. The van der Waals surface area contributed by atoms with Gasteiger partial charge in [0.2, 0.25) is 0 Å². The summed E-state index contributed by atoms with van der Waals surface area (Å²) in [5, 5.41) is 3.46. The first kappa shape index (κ1) is 16.0. The van der Waals surface area contributed by atoms with Crippen LogP contribution < -0.4 is 10.2 Å². The molecule has 3 heteroatoms. The number of hydrogen-bond donors (Lipinski definition) is 1. The van der Waals surface area contributed by atoms with Crippen molar-refractivity contribution in [1.29, 1.82) is 0 Å². The quantitative estimate of drug-likeness (QED) is 0.936. The van der Waals surface area contributed by atoms with Gasteiger partial charge in [-0.2, -0.15) is 0 Å². The lowest BCUT2D eigenvalue weighted by Crippen LogP contribution is -2.45. The molecule has 0 bridgehead atoms.